The second-order valence-electron chi connectivity index (χ2n) is 5.27. The van der Waals surface area contributed by atoms with E-state index < -0.39 is 0 Å². The van der Waals surface area contributed by atoms with E-state index in [0.29, 0.717) is 22.5 Å². The van der Waals surface area contributed by atoms with Crippen molar-refractivity contribution in [1.29, 1.82) is 0 Å². The van der Waals surface area contributed by atoms with Gasteiger partial charge in [-0.2, -0.15) is 0 Å². The second kappa shape index (κ2) is 5.56. The van der Waals surface area contributed by atoms with E-state index in [-0.39, 0.29) is 18.1 Å². The monoisotopic (exact) mass is 292 g/mol. The van der Waals surface area contributed by atoms with E-state index in [1.165, 1.54) is 0 Å². The second-order valence-corrected chi connectivity index (χ2v) is 5.68. The standard InChI is InChI=1S/C15H17ClN2O2/c16-13-5-1-4-12-14(20)7-10(17-15(12)13)8-18-6-2-3-11(18)9-19/h1,4-5,7,11,19H,2-3,6,8-9H2,(H,17,20). The molecule has 2 aromatic rings. The third-order valence-corrected chi connectivity index (χ3v) is 4.27. The van der Waals surface area contributed by atoms with E-state index in [0.717, 1.165) is 25.1 Å². The van der Waals surface area contributed by atoms with Gasteiger partial charge >= 0.3 is 0 Å². The van der Waals surface area contributed by atoms with Crippen molar-refractivity contribution >= 4 is 22.5 Å². The third kappa shape index (κ3) is 2.46. The fraction of sp³-hybridized carbons (Fsp3) is 0.400. The van der Waals surface area contributed by atoms with Crippen LogP contribution in [0.25, 0.3) is 10.9 Å². The molecule has 1 saturated heterocycles. The molecule has 4 nitrogen and oxygen atoms in total. The first-order valence-electron chi connectivity index (χ1n) is 6.84. The summed E-state index contributed by atoms with van der Waals surface area (Å²) >= 11 is 6.15. The maximum absolute atomic E-state index is 12.1. The summed E-state index contributed by atoms with van der Waals surface area (Å²) in [6, 6.07) is 7.15. The van der Waals surface area contributed by atoms with Gasteiger partial charge in [-0.25, -0.2) is 0 Å². The highest BCUT2D eigenvalue weighted by Gasteiger charge is 2.23. The molecule has 0 spiro atoms. The predicted octanol–water partition coefficient (Wildman–Crippen LogP) is 2.14. The zero-order valence-corrected chi connectivity index (χ0v) is 11.9. The summed E-state index contributed by atoms with van der Waals surface area (Å²) in [6.45, 7) is 1.76. The number of aliphatic hydroxyl groups is 1. The summed E-state index contributed by atoms with van der Waals surface area (Å²) < 4.78 is 0. The Hall–Kier alpha value is -1.36. The van der Waals surface area contributed by atoms with Gasteiger partial charge in [-0.15, -0.1) is 0 Å². The lowest BCUT2D eigenvalue weighted by Crippen LogP contribution is -2.32. The average Bonchev–Trinajstić information content (AvgIpc) is 2.87. The molecular weight excluding hydrogens is 276 g/mol. The number of para-hydroxylation sites is 1. The van der Waals surface area contributed by atoms with Gasteiger partial charge in [-0.05, 0) is 31.5 Å². The molecular formula is C15H17ClN2O2. The van der Waals surface area contributed by atoms with Crippen molar-refractivity contribution in [3.63, 3.8) is 0 Å². The number of fused-ring (bicyclic) bond motifs is 1. The molecule has 0 saturated carbocycles. The summed E-state index contributed by atoms with van der Waals surface area (Å²) in [4.78, 5) is 17.6. The van der Waals surface area contributed by atoms with Crippen LogP contribution in [0.4, 0.5) is 0 Å². The number of benzene rings is 1. The first-order valence-corrected chi connectivity index (χ1v) is 7.22. The van der Waals surface area contributed by atoms with Crippen molar-refractivity contribution in [2.24, 2.45) is 0 Å². The van der Waals surface area contributed by atoms with Crippen LogP contribution in [0.3, 0.4) is 0 Å². The molecule has 3 rings (SSSR count). The van der Waals surface area contributed by atoms with Gasteiger partial charge in [0.05, 0.1) is 17.1 Å². The van der Waals surface area contributed by atoms with E-state index >= 15 is 0 Å². The van der Waals surface area contributed by atoms with Crippen molar-refractivity contribution < 1.29 is 5.11 Å². The molecule has 5 heteroatoms. The van der Waals surface area contributed by atoms with E-state index in [1.54, 1.807) is 24.3 Å². The first kappa shape index (κ1) is 13.6. The molecule has 1 fully saturated rings. The number of likely N-dealkylation sites (tertiary alicyclic amines) is 1. The Balaban J connectivity index is 1.96. The van der Waals surface area contributed by atoms with Crippen LogP contribution in [0, 0.1) is 0 Å². The molecule has 1 aromatic carbocycles. The highest BCUT2D eigenvalue weighted by Crippen LogP contribution is 2.22. The summed E-state index contributed by atoms with van der Waals surface area (Å²) in [7, 11) is 0. The Kier molecular flexibility index (Phi) is 3.78. The van der Waals surface area contributed by atoms with E-state index in [2.05, 4.69) is 9.88 Å². The number of hydrogen-bond donors (Lipinski definition) is 2. The molecule has 1 unspecified atom stereocenters. The van der Waals surface area contributed by atoms with Crippen LogP contribution in [-0.4, -0.2) is 34.2 Å². The molecule has 2 N–H and O–H groups in total. The van der Waals surface area contributed by atoms with Crippen molar-refractivity contribution in [3.05, 3.63) is 45.2 Å². The molecule has 106 valence electrons. The third-order valence-electron chi connectivity index (χ3n) is 3.95. The Morgan fingerprint density at radius 1 is 1.45 bits per heavy atom. The summed E-state index contributed by atoms with van der Waals surface area (Å²) in [5, 5.41) is 10.5. The Bertz CT molecular complexity index is 683. The number of aliphatic hydroxyl groups excluding tert-OH is 1. The minimum atomic E-state index is -0.0176. The van der Waals surface area contributed by atoms with Gasteiger partial charge < -0.3 is 10.1 Å². The summed E-state index contributed by atoms with van der Waals surface area (Å²) in [5.74, 6) is 0. The largest absolute Gasteiger partial charge is 0.395 e. The summed E-state index contributed by atoms with van der Waals surface area (Å²) in [6.07, 6.45) is 2.10. The van der Waals surface area contributed by atoms with Crippen LogP contribution in [0.2, 0.25) is 5.02 Å². The molecule has 1 aliphatic heterocycles. The number of aromatic nitrogens is 1. The van der Waals surface area contributed by atoms with E-state index in [4.69, 9.17) is 11.6 Å². The maximum Gasteiger partial charge on any atom is 0.189 e. The van der Waals surface area contributed by atoms with Crippen molar-refractivity contribution in [2.75, 3.05) is 13.2 Å². The summed E-state index contributed by atoms with van der Waals surface area (Å²) in [5.41, 5.74) is 1.52. The number of nitrogens with zero attached hydrogens (tertiary/aromatic N) is 1. The molecule has 0 bridgehead atoms. The SMILES string of the molecule is O=c1cc(CN2CCCC2CO)[nH]c2c(Cl)cccc12. The van der Waals surface area contributed by atoms with Gasteiger partial charge in [0.15, 0.2) is 5.43 Å². The molecule has 0 aliphatic carbocycles. The van der Waals surface area contributed by atoms with Crippen molar-refractivity contribution in [3.8, 4) is 0 Å². The number of H-pyrrole nitrogens is 1. The van der Waals surface area contributed by atoms with Gasteiger partial charge in [0, 0.05) is 29.7 Å². The molecule has 0 amide bonds. The Labute approximate surface area is 122 Å². The van der Waals surface area contributed by atoms with Crippen molar-refractivity contribution in [1.82, 2.24) is 9.88 Å². The van der Waals surface area contributed by atoms with Crippen LogP contribution in [0.15, 0.2) is 29.1 Å². The lowest BCUT2D eigenvalue weighted by molar-refractivity contribution is 0.152. The minimum Gasteiger partial charge on any atom is -0.395 e. The number of aromatic amines is 1. The molecule has 0 radical (unpaired) electrons. The first-order chi connectivity index (χ1) is 9.69. The molecule has 20 heavy (non-hydrogen) atoms. The fourth-order valence-electron chi connectivity index (χ4n) is 2.90. The number of rotatable bonds is 3. The fourth-order valence-corrected chi connectivity index (χ4v) is 3.12. The normalized spacial score (nSPS) is 19.8. The smallest absolute Gasteiger partial charge is 0.189 e. The highest BCUT2D eigenvalue weighted by molar-refractivity contribution is 6.35. The van der Waals surface area contributed by atoms with Crippen LogP contribution < -0.4 is 5.43 Å². The van der Waals surface area contributed by atoms with Crippen LogP contribution in [0.1, 0.15) is 18.5 Å². The lowest BCUT2D eigenvalue weighted by Gasteiger charge is -2.22. The lowest BCUT2D eigenvalue weighted by atomic mass is 10.2. The van der Waals surface area contributed by atoms with Crippen LogP contribution >= 0.6 is 11.6 Å². The van der Waals surface area contributed by atoms with E-state index in [1.807, 2.05) is 0 Å². The Morgan fingerprint density at radius 2 is 2.30 bits per heavy atom. The number of halogens is 1. The highest BCUT2D eigenvalue weighted by atomic mass is 35.5. The van der Waals surface area contributed by atoms with E-state index in [9.17, 15) is 9.90 Å². The molecule has 1 aliphatic rings. The minimum absolute atomic E-state index is 0.0176. The zero-order valence-electron chi connectivity index (χ0n) is 11.1. The van der Waals surface area contributed by atoms with Crippen LogP contribution in [0.5, 0.6) is 0 Å². The van der Waals surface area contributed by atoms with Gasteiger partial charge in [0.1, 0.15) is 0 Å². The predicted molar refractivity (Wildman–Crippen MR) is 80.1 cm³/mol. The quantitative estimate of drug-likeness (QED) is 0.911. The van der Waals surface area contributed by atoms with Gasteiger partial charge in [0.25, 0.3) is 0 Å². The number of nitrogens with one attached hydrogen (secondary N) is 1. The van der Waals surface area contributed by atoms with Gasteiger partial charge in [-0.3, -0.25) is 9.69 Å². The average molecular weight is 293 g/mol. The number of pyridine rings is 1. The van der Waals surface area contributed by atoms with Crippen molar-refractivity contribution in [2.45, 2.75) is 25.4 Å². The molecule has 1 atom stereocenters. The Morgan fingerprint density at radius 3 is 3.10 bits per heavy atom. The number of hydrogen-bond acceptors (Lipinski definition) is 3. The van der Waals surface area contributed by atoms with Crippen LogP contribution in [-0.2, 0) is 6.54 Å². The topological polar surface area (TPSA) is 56.3 Å². The van der Waals surface area contributed by atoms with Gasteiger partial charge in [0.2, 0.25) is 0 Å². The van der Waals surface area contributed by atoms with Gasteiger partial charge in [-0.1, -0.05) is 17.7 Å². The zero-order chi connectivity index (χ0) is 14.1. The molecule has 1 aromatic heterocycles. The molecule has 2 heterocycles. The maximum atomic E-state index is 12.1.